The van der Waals surface area contributed by atoms with Gasteiger partial charge in [0.2, 0.25) is 0 Å². The Balaban J connectivity index is 1.58. The Morgan fingerprint density at radius 2 is 2.06 bits per heavy atom. The highest BCUT2D eigenvalue weighted by Gasteiger charge is 2.33. The molecule has 0 saturated heterocycles. The molecule has 3 aromatic rings. The molecule has 1 aromatic carbocycles. The summed E-state index contributed by atoms with van der Waals surface area (Å²) >= 11 is 0. The first-order valence-electron chi connectivity index (χ1n) is 11.2. The molecule has 8 heteroatoms. The lowest BCUT2D eigenvalue weighted by Crippen LogP contribution is -2.35. The zero-order chi connectivity index (χ0) is 22.5. The Hall–Kier alpha value is -3.26. The number of likely N-dealkylation sites (N-methyl/N-ethyl adjacent to an activating group) is 1. The van der Waals surface area contributed by atoms with E-state index in [9.17, 15) is 4.79 Å². The molecule has 1 fully saturated rings. The number of methoxy groups -OCH3 is 1. The second kappa shape index (κ2) is 9.91. The summed E-state index contributed by atoms with van der Waals surface area (Å²) in [7, 11) is 1.64. The van der Waals surface area contributed by atoms with Crippen molar-refractivity contribution in [2.45, 2.75) is 32.6 Å². The van der Waals surface area contributed by atoms with Crippen molar-refractivity contribution in [3.05, 3.63) is 54.0 Å². The molecule has 1 aliphatic rings. The highest BCUT2D eigenvalue weighted by Crippen LogP contribution is 2.42. The van der Waals surface area contributed by atoms with Crippen molar-refractivity contribution >= 4 is 5.91 Å². The third-order valence-corrected chi connectivity index (χ3v) is 5.82. The van der Waals surface area contributed by atoms with E-state index in [4.69, 9.17) is 9.72 Å². The molecule has 2 heterocycles. The van der Waals surface area contributed by atoms with Crippen LogP contribution < -0.4 is 10.1 Å². The molecule has 0 bridgehead atoms. The maximum absolute atomic E-state index is 12.9. The van der Waals surface area contributed by atoms with Crippen LogP contribution in [0.25, 0.3) is 17.2 Å². The minimum Gasteiger partial charge on any atom is -0.497 e. The van der Waals surface area contributed by atoms with Gasteiger partial charge in [-0.3, -0.25) is 4.79 Å². The lowest BCUT2D eigenvalue weighted by molar-refractivity contribution is 0.0948. The summed E-state index contributed by atoms with van der Waals surface area (Å²) in [6.07, 6.45) is 5.45. The first kappa shape index (κ1) is 22.0. The van der Waals surface area contributed by atoms with Crippen molar-refractivity contribution < 1.29 is 9.53 Å². The Kier molecular flexibility index (Phi) is 6.80. The molecule has 1 amide bonds. The van der Waals surface area contributed by atoms with Gasteiger partial charge in [-0.05, 0) is 44.1 Å². The van der Waals surface area contributed by atoms with Gasteiger partial charge in [0.05, 0.1) is 30.3 Å². The minimum atomic E-state index is -0.0887. The molecule has 2 aromatic heterocycles. The summed E-state index contributed by atoms with van der Waals surface area (Å²) < 4.78 is 7.06. The van der Waals surface area contributed by atoms with Gasteiger partial charge in [0.15, 0.2) is 0 Å². The molecular formula is C24H30N6O2. The quantitative estimate of drug-likeness (QED) is 0.527. The van der Waals surface area contributed by atoms with E-state index in [1.54, 1.807) is 24.2 Å². The number of hydrogen-bond acceptors (Lipinski definition) is 6. The van der Waals surface area contributed by atoms with Crippen LogP contribution in [0.1, 0.15) is 48.7 Å². The van der Waals surface area contributed by atoms with Crippen LogP contribution in [0.15, 0.2) is 42.7 Å². The summed E-state index contributed by atoms with van der Waals surface area (Å²) in [4.78, 5) is 24.4. The number of ether oxygens (including phenoxy) is 1. The van der Waals surface area contributed by atoms with Gasteiger partial charge in [-0.1, -0.05) is 26.0 Å². The normalized spacial score (nSPS) is 13.4. The van der Waals surface area contributed by atoms with Crippen molar-refractivity contribution in [1.29, 1.82) is 0 Å². The molecule has 168 valence electrons. The maximum Gasteiger partial charge on any atom is 0.254 e. The molecule has 8 nitrogen and oxygen atoms in total. The zero-order valence-corrected chi connectivity index (χ0v) is 18.9. The number of carbonyl (C=O) groups excluding carboxylic acids is 1. The van der Waals surface area contributed by atoms with E-state index in [1.807, 2.05) is 30.3 Å². The number of nitrogens with zero attached hydrogens (tertiary/aromatic N) is 5. The minimum absolute atomic E-state index is 0.0887. The average molecular weight is 435 g/mol. The van der Waals surface area contributed by atoms with Gasteiger partial charge in [-0.2, -0.15) is 5.10 Å². The Labute approximate surface area is 188 Å². The fourth-order valence-corrected chi connectivity index (χ4v) is 3.80. The predicted octanol–water partition coefficient (Wildman–Crippen LogP) is 3.29. The largest absolute Gasteiger partial charge is 0.497 e. The molecular weight excluding hydrogens is 404 g/mol. The molecule has 32 heavy (non-hydrogen) atoms. The van der Waals surface area contributed by atoms with Crippen LogP contribution in [0, 0.1) is 0 Å². The number of hydrogen-bond donors (Lipinski definition) is 1. The molecule has 1 saturated carbocycles. The second-order valence-corrected chi connectivity index (χ2v) is 7.89. The van der Waals surface area contributed by atoms with Crippen molar-refractivity contribution in [2.75, 3.05) is 33.3 Å². The molecule has 1 aliphatic carbocycles. The fourth-order valence-electron chi connectivity index (χ4n) is 3.80. The van der Waals surface area contributed by atoms with Crippen LogP contribution >= 0.6 is 0 Å². The van der Waals surface area contributed by atoms with Gasteiger partial charge in [0, 0.05) is 30.8 Å². The van der Waals surface area contributed by atoms with Gasteiger partial charge < -0.3 is 15.0 Å². The van der Waals surface area contributed by atoms with E-state index in [2.05, 4.69) is 34.1 Å². The van der Waals surface area contributed by atoms with E-state index in [0.717, 1.165) is 55.2 Å². The van der Waals surface area contributed by atoms with Gasteiger partial charge in [0.25, 0.3) is 11.9 Å². The van der Waals surface area contributed by atoms with E-state index >= 15 is 0 Å². The van der Waals surface area contributed by atoms with Crippen LogP contribution in [0.5, 0.6) is 5.75 Å². The second-order valence-electron chi connectivity index (χ2n) is 7.89. The number of aromatic nitrogens is 4. The van der Waals surface area contributed by atoms with Crippen LogP contribution in [-0.2, 0) is 0 Å². The maximum atomic E-state index is 12.9. The number of amides is 1. The summed E-state index contributed by atoms with van der Waals surface area (Å²) in [5.41, 5.74) is 3.22. The third kappa shape index (κ3) is 4.80. The Morgan fingerprint density at radius 1 is 1.25 bits per heavy atom. The predicted molar refractivity (Wildman–Crippen MR) is 123 cm³/mol. The van der Waals surface area contributed by atoms with Gasteiger partial charge in [-0.25, -0.2) is 14.6 Å². The van der Waals surface area contributed by atoms with Crippen LogP contribution in [0.4, 0.5) is 0 Å². The molecule has 0 radical (unpaired) electrons. The number of carbonyl (C=O) groups is 1. The number of rotatable bonds is 10. The summed E-state index contributed by atoms with van der Waals surface area (Å²) in [5, 5.41) is 7.56. The van der Waals surface area contributed by atoms with Crippen molar-refractivity contribution in [3.63, 3.8) is 0 Å². The summed E-state index contributed by atoms with van der Waals surface area (Å²) in [6, 6.07) is 9.61. The molecule has 0 unspecified atom stereocenters. The summed E-state index contributed by atoms with van der Waals surface area (Å²) in [5.74, 6) is 1.46. The molecule has 1 N–H and O–H groups in total. The van der Waals surface area contributed by atoms with Crippen LogP contribution in [0.2, 0.25) is 0 Å². The van der Waals surface area contributed by atoms with Crippen LogP contribution in [0.3, 0.4) is 0 Å². The SMILES string of the molecule is CCN(CC)CCNC(=O)c1cnn(-c2nccc(-c3cccc(OC)c3)n2)c1C1CC1. The third-order valence-electron chi connectivity index (χ3n) is 5.82. The highest BCUT2D eigenvalue weighted by molar-refractivity contribution is 5.95. The lowest BCUT2D eigenvalue weighted by Gasteiger charge is -2.18. The average Bonchev–Trinajstić information content (AvgIpc) is 3.59. The van der Waals surface area contributed by atoms with Crippen molar-refractivity contribution in [1.82, 2.24) is 30.0 Å². The fraction of sp³-hybridized carbons (Fsp3) is 0.417. The van der Waals surface area contributed by atoms with Gasteiger partial charge in [0.1, 0.15) is 5.75 Å². The Morgan fingerprint density at radius 3 is 2.78 bits per heavy atom. The van der Waals surface area contributed by atoms with E-state index < -0.39 is 0 Å². The molecule has 0 atom stereocenters. The lowest BCUT2D eigenvalue weighted by atomic mass is 10.1. The van der Waals surface area contributed by atoms with Gasteiger partial charge >= 0.3 is 0 Å². The Bertz CT molecular complexity index is 1070. The highest BCUT2D eigenvalue weighted by atomic mass is 16.5. The van der Waals surface area contributed by atoms with E-state index in [1.165, 1.54) is 0 Å². The number of benzene rings is 1. The molecule has 0 aliphatic heterocycles. The first-order valence-corrected chi connectivity index (χ1v) is 11.2. The standard InChI is InChI=1S/C24H30N6O2/c1-4-29(5-2)14-13-25-23(31)20-16-27-30(22(20)17-9-10-17)24-26-12-11-21(28-24)18-7-6-8-19(15-18)32-3/h6-8,11-12,15-17H,4-5,9-10,13-14H2,1-3H3,(H,25,31). The number of nitrogens with one attached hydrogen (secondary N) is 1. The zero-order valence-electron chi connectivity index (χ0n) is 18.9. The topological polar surface area (TPSA) is 85.2 Å². The van der Waals surface area contributed by atoms with Gasteiger partial charge in [-0.15, -0.1) is 0 Å². The van der Waals surface area contributed by atoms with Crippen molar-refractivity contribution in [3.8, 4) is 23.0 Å². The van der Waals surface area contributed by atoms with E-state index in [0.29, 0.717) is 24.0 Å². The smallest absolute Gasteiger partial charge is 0.254 e. The first-order chi connectivity index (χ1) is 15.6. The van der Waals surface area contributed by atoms with E-state index in [-0.39, 0.29) is 5.91 Å². The monoisotopic (exact) mass is 434 g/mol. The molecule has 0 spiro atoms. The van der Waals surface area contributed by atoms with Crippen LogP contribution in [-0.4, -0.2) is 63.8 Å². The summed E-state index contributed by atoms with van der Waals surface area (Å²) in [6.45, 7) is 7.63. The van der Waals surface area contributed by atoms with Crippen molar-refractivity contribution in [2.24, 2.45) is 0 Å². The molecule has 4 rings (SSSR count).